The van der Waals surface area contributed by atoms with Crippen molar-refractivity contribution in [3.05, 3.63) is 35.1 Å². The third kappa shape index (κ3) is 1.77. The Balaban J connectivity index is 3.31. The minimum absolute atomic E-state index is 0.102. The second-order valence-corrected chi connectivity index (χ2v) is 2.14. The summed E-state index contributed by atoms with van der Waals surface area (Å²) < 4.78 is 49.5. The summed E-state index contributed by atoms with van der Waals surface area (Å²) in [5, 5.41) is 0. The Hall–Kier alpha value is -0.890. The van der Waals surface area contributed by atoms with Gasteiger partial charge in [-0.25, -0.2) is 4.39 Å². The molecular formula is C9H12FN. The smallest absolute Gasteiger partial charge is 0.126 e. The number of aryl methyl sites for hydroxylation is 1. The highest BCUT2D eigenvalue weighted by Crippen LogP contribution is 2.10. The first-order valence-electron chi connectivity index (χ1n) is 5.69. The Morgan fingerprint density at radius 3 is 3.18 bits per heavy atom. The van der Waals surface area contributed by atoms with Gasteiger partial charge in [-0.15, -0.1) is 0 Å². The van der Waals surface area contributed by atoms with Crippen molar-refractivity contribution >= 4 is 0 Å². The molecule has 0 amide bonds. The van der Waals surface area contributed by atoms with E-state index >= 15 is 0 Å². The normalized spacial score (nSPS) is 19.3. The molecule has 0 aliphatic rings. The summed E-state index contributed by atoms with van der Waals surface area (Å²) >= 11 is 0. The molecule has 0 saturated heterocycles. The van der Waals surface area contributed by atoms with Crippen LogP contribution in [0.2, 0.25) is 0 Å². The first-order chi connectivity index (χ1) is 7.20. The Morgan fingerprint density at radius 1 is 1.73 bits per heavy atom. The Bertz CT molecular complexity index is 388. The second kappa shape index (κ2) is 3.49. The summed E-state index contributed by atoms with van der Waals surface area (Å²) in [7, 11) is 0. The van der Waals surface area contributed by atoms with Gasteiger partial charge in [0.15, 0.2) is 0 Å². The molecule has 1 aromatic carbocycles. The SMILES string of the molecule is [2H]C([2H])([2H])C([2H])([2H])c1cc(CN)ccc1F. The van der Waals surface area contributed by atoms with Crippen molar-refractivity contribution < 1.29 is 11.2 Å². The molecule has 1 nitrogen and oxygen atoms in total. The van der Waals surface area contributed by atoms with Gasteiger partial charge in [0.05, 0.1) is 0 Å². The minimum Gasteiger partial charge on any atom is -0.326 e. The molecule has 0 radical (unpaired) electrons. The van der Waals surface area contributed by atoms with Crippen LogP contribution in [0.1, 0.15) is 24.8 Å². The van der Waals surface area contributed by atoms with E-state index in [1.807, 2.05) is 0 Å². The van der Waals surface area contributed by atoms with E-state index < -0.39 is 24.6 Å². The van der Waals surface area contributed by atoms with Gasteiger partial charge in [0.1, 0.15) is 5.82 Å². The highest BCUT2D eigenvalue weighted by Gasteiger charge is 1.99. The van der Waals surface area contributed by atoms with Crippen LogP contribution < -0.4 is 5.73 Å². The molecule has 0 aliphatic heterocycles. The number of benzene rings is 1. The molecule has 2 heteroatoms. The standard InChI is InChI=1S/C9H12FN/c1-2-8-5-7(6-11)3-4-9(8)10/h3-5H,2,6,11H2,1H3/i1D3,2D2. The third-order valence-corrected chi connectivity index (χ3v) is 1.40. The zero-order valence-electron chi connectivity index (χ0n) is 10.9. The van der Waals surface area contributed by atoms with Crippen molar-refractivity contribution in [1.29, 1.82) is 0 Å². The summed E-state index contributed by atoms with van der Waals surface area (Å²) in [6.45, 7) is -2.81. The summed E-state index contributed by atoms with van der Waals surface area (Å²) in [5.74, 6) is -0.877. The van der Waals surface area contributed by atoms with Crippen molar-refractivity contribution in [2.75, 3.05) is 0 Å². The molecule has 1 rings (SSSR count). The van der Waals surface area contributed by atoms with Gasteiger partial charge in [-0.2, -0.15) is 0 Å². The number of hydrogen-bond acceptors (Lipinski definition) is 1. The van der Waals surface area contributed by atoms with Crippen LogP contribution in [0.25, 0.3) is 0 Å². The minimum atomic E-state index is -2.92. The molecule has 0 fully saturated rings. The van der Waals surface area contributed by atoms with Gasteiger partial charge >= 0.3 is 0 Å². The fraction of sp³-hybridized carbons (Fsp3) is 0.333. The molecule has 0 spiro atoms. The van der Waals surface area contributed by atoms with E-state index in [1.165, 1.54) is 6.07 Å². The lowest BCUT2D eigenvalue weighted by Gasteiger charge is -2.01. The van der Waals surface area contributed by atoms with Crippen LogP contribution in [0.4, 0.5) is 4.39 Å². The summed E-state index contributed by atoms with van der Waals surface area (Å²) in [6, 6.07) is 3.58. The maximum atomic E-state index is 13.4. The maximum absolute atomic E-state index is 13.4. The molecule has 1 aromatic rings. The monoisotopic (exact) mass is 158 g/mol. The number of nitrogens with two attached hydrogens (primary N) is 1. The van der Waals surface area contributed by atoms with Crippen molar-refractivity contribution in [2.24, 2.45) is 5.73 Å². The second-order valence-electron chi connectivity index (χ2n) is 2.14. The van der Waals surface area contributed by atoms with Crippen LogP contribution in [0.5, 0.6) is 0 Å². The fourth-order valence-electron chi connectivity index (χ4n) is 0.795. The van der Waals surface area contributed by atoms with Crippen LogP contribution in [0.3, 0.4) is 0 Å². The average molecular weight is 158 g/mol. The average Bonchev–Trinajstić information content (AvgIpc) is 2.16. The van der Waals surface area contributed by atoms with E-state index in [2.05, 4.69) is 0 Å². The van der Waals surface area contributed by atoms with E-state index in [-0.39, 0.29) is 6.54 Å². The molecule has 0 aromatic heterocycles. The van der Waals surface area contributed by atoms with Gasteiger partial charge in [-0.3, -0.25) is 0 Å². The summed E-state index contributed by atoms with van der Waals surface area (Å²) in [4.78, 5) is 0. The van der Waals surface area contributed by atoms with Crippen LogP contribution in [0.15, 0.2) is 18.2 Å². The number of halogens is 1. The van der Waals surface area contributed by atoms with Crippen LogP contribution in [0, 0.1) is 5.82 Å². The quantitative estimate of drug-likeness (QED) is 0.698. The van der Waals surface area contributed by atoms with Gasteiger partial charge in [-0.05, 0) is 23.6 Å². The Morgan fingerprint density at radius 2 is 2.55 bits per heavy atom. The van der Waals surface area contributed by atoms with Crippen molar-refractivity contribution in [3.8, 4) is 0 Å². The van der Waals surface area contributed by atoms with E-state index in [4.69, 9.17) is 12.6 Å². The predicted octanol–water partition coefficient (Wildman–Crippen LogP) is 1.85. The van der Waals surface area contributed by atoms with E-state index in [9.17, 15) is 4.39 Å². The van der Waals surface area contributed by atoms with Gasteiger partial charge in [-0.1, -0.05) is 19.0 Å². The molecule has 0 bridgehead atoms. The lowest BCUT2D eigenvalue weighted by Crippen LogP contribution is -1.98. The molecule has 0 atom stereocenters. The summed E-state index contributed by atoms with van der Waals surface area (Å²) in [5.41, 5.74) is 5.35. The zero-order chi connectivity index (χ0) is 12.6. The largest absolute Gasteiger partial charge is 0.326 e. The number of hydrogen-bond donors (Lipinski definition) is 1. The Kier molecular flexibility index (Phi) is 1.16. The van der Waals surface area contributed by atoms with E-state index in [1.54, 1.807) is 0 Å². The highest BCUT2D eigenvalue weighted by atomic mass is 19.1. The third-order valence-electron chi connectivity index (χ3n) is 1.40. The number of rotatable bonds is 2. The maximum Gasteiger partial charge on any atom is 0.126 e. The molecule has 0 aliphatic carbocycles. The van der Waals surface area contributed by atoms with Crippen molar-refractivity contribution in [2.45, 2.75) is 19.8 Å². The molecule has 2 N–H and O–H groups in total. The van der Waals surface area contributed by atoms with Crippen LogP contribution in [-0.2, 0) is 12.9 Å². The van der Waals surface area contributed by atoms with Crippen molar-refractivity contribution in [1.82, 2.24) is 0 Å². The molecule has 0 unspecified atom stereocenters. The highest BCUT2D eigenvalue weighted by molar-refractivity contribution is 5.24. The van der Waals surface area contributed by atoms with Gasteiger partial charge in [0.2, 0.25) is 0 Å². The molecule has 0 heterocycles. The van der Waals surface area contributed by atoms with Crippen LogP contribution >= 0.6 is 0 Å². The lowest BCUT2D eigenvalue weighted by atomic mass is 10.1. The lowest BCUT2D eigenvalue weighted by molar-refractivity contribution is 0.611. The predicted molar refractivity (Wildman–Crippen MR) is 43.7 cm³/mol. The van der Waals surface area contributed by atoms with Gasteiger partial charge in [0.25, 0.3) is 0 Å². The molecule has 11 heavy (non-hydrogen) atoms. The first-order valence-corrected chi connectivity index (χ1v) is 3.19. The molecular weight excluding hydrogens is 141 g/mol. The van der Waals surface area contributed by atoms with Crippen molar-refractivity contribution in [3.63, 3.8) is 0 Å². The molecule has 60 valence electrons. The molecule has 0 saturated carbocycles. The fourth-order valence-corrected chi connectivity index (χ4v) is 0.795. The van der Waals surface area contributed by atoms with Gasteiger partial charge in [0, 0.05) is 13.4 Å². The topological polar surface area (TPSA) is 26.0 Å². The first kappa shape index (κ1) is 3.68. The van der Waals surface area contributed by atoms with E-state index in [0.29, 0.717) is 5.56 Å². The van der Waals surface area contributed by atoms with Crippen LogP contribution in [-0.4, -0.2) is 0 Å². The summed E-state index contributed by atoms with van der Waals surface area (Å²) in [6.07, 6.45) is -2.72. The van der Waals surface area contributed by atoms with Gasteiger partial charge < -0.3 is 5.73 Å². The Labute approximate surface area is 73.1 Å². The zero-order valence-corrected chi connectivity index (χ0v) is 5.89. The van der Waals surface area contributed by atoms with E-state index in [0.717, 1.165) is 12.1 Å².